The van der Waals surface area contributed by atoms with E-state index >= 15 is 0 Å². The van der Waals surface area contributed by atoms with E-state index in [4.69, 9.17) is 4.74 Å². The second-order valence-corrected chi connectivity index (χ2v) is 7.81. The molecule has 1 saturated carbocycles. The zero-order valence-corrected chi connectivity index (χ0v) is 17.5. The summed E-state index contributed by atoms with van der Waals surface area (Å²) in [7, 11) is 1.69. The first-order chi connectivity index (χ1) is 14.2. The molecule has 0 bridgehead atoms. The molecule has 1 heterocycles. The average molecular weight is 397 g/mol. The van der Waals surface area contributed by atoms with Crippen LogP contribution in [0.15, 0.2) is 30.5 Å². The second kappa shape index (κ2) is 10.9. The molecule has 0 spiro atoms. The Labute approximate surface area is 173 Å². The zero-order chi connectivity index (χ0) is 20.5. The molecule has 1 aromatic heterocycles. The van der Waals surface area contributed by atoms with Gasteiger partial charge in [-0.1, -0.05) is 43.0 Å². The summed E-state index contributed by atoms with van der Waals surface area (Å²) < 4.78 is 5.08. The monoisotopic (exact) mass is 396 g/mol. The third-order valence-corrected chi connectivity index (χ3v) is 5.41. The van der Waals surface area contributed by atoms with Gasteiger partial charge in [-0.2, -0.15) is 0 Å². The van der Waals surface area contributed by atoms with E-state index in [0.717, 1.165) is 24.1 Å². The molecule has 0 radical (unpaired) electrons. The molecule has 0 aliphatic heterocycles. The van der Waals surface area contributed by atoms with Crippen molar-refractivity contribution in [3.05, 3.63) is 41.6 Å². The molecular weight excluding hydrogens is 364 g/mol. The largest absolute Gasteiger partial charge is 0.385 e. The molecular formula is C23H32N4O2. The first-order valence-corrected chi connectivity index (χ1v) is 10.6. The molecule has 3 rings (SSSR count). The van der Waals surface area contributed by atoms with E-state index < -0.39 is 0 Å². The number of hydrogen-bond acceptors (Lipinski definition) is 5. The molecule has 156 valence electrons. The van der Waals surface area contributed by atoms with Crippen LogP contribution in [-0.2, 0) is 4.74 Å². The van der Waals surface area contributed by atoms with Gasteiger partial charge >= 0.3 is 0 Å². The SMILES string of the molecule is COCCCNc1ncc(C(=O)NCC2CCCCC2)c(-c2cccc(C)c2)n1. The van der Waals surface area contributed by atoms with Gasteiger partial charge < -0.3 is 15.4 Å². The maximum atomic E-state index is 12.9. The maximum absolute atomic E-state index is 12.9. The molecule has 6 nitrogen and oxygen atoms in total. The van der Waals surface area contributed by atoms with Gasteiger partial charge in [0.05, 0.1) is 11.3 Å². The zero-order valence-electron chi connectivity index (χ0n) is 17.5. The second-order valence-electron chi connectivity index (χ2n) is 7.81. The van der Waals surface area contributed by atoms with Crippen LogP contribution in [0.2, 0.25) is 0 Å². The van der Waals surface area contributed by atoms with Crippen molar-refractivity contribution in [1.82, 2.24) is 15.3 Å². The quantitative estimate of drug-likeness (QED) is 0.621. The molecule has 1 aliphatic rings. The number of hydrogen-bond donors (Lipinski definition) is 2. The van der Waals surface area contributed by atoms with Gasteiger partial charge in [-0.3, -0.25) is 4.79 Å². The molecule has 0 saturated heterocycles. The van der Waals surface area contributed by atoms with Gasteiger partial charge in [0.15, 0.2) is 0 Å². The van der Waals surface area contributed by atoms with Crippen molar-refractivity contribution in [2.24, 2.45) is 5.92 Å². The van der Waals surface area contributed by atoms with E-state index in [0.29, 0.717) is 36.3 Å². The van der Waals surface area contributed by atoms with E-state index in [1.54, 1.807) is 13.3 Å². The number of carbonyl (C=O) groups is 1. The normalized spacial score (nSPS) is 14.6. The van der Waals surface area contributed by atoms with Crippen LogP contribution in [0.4, 0.5) is 5.95 Å². The fourth-order valence-electron chi connectivity index (χ4n) is 3.79. The minimum Gasteiger partial charge on any atom is -0.385 e. The van der Waals surface area contributed by atoms with Crippen LogP contribution in [0.1, 0.15) is 54.4 Å². The summed E-state index contributed by atoms with van der Waals surface area (Å²) >= 11 is 0. The summed E-state index contributed by atoms with van der Waals surface area (Å²) in [6.07, 6.45) is 8.75. The van der Waals surface area contributed by atoms with E-state index in [9.17, 15) is 4.79 Å². The van der Waals surface area contributed by atoms with E-state index in [2.05, 4.69) is 26.7 Å². The third-order valence-electron chi connectivity index (χ3n) is 5.41. The highest BCUT2D eigenvalue weighted by molar-refractivity contribution is 5.99. The van der Waals surface area contributed by atoms with E-state index in [-0.39, 0.29) is 5.91 Å². The lowest BCUT2D eigenvalue weighted by atomic mass is 9.89. The van der Waals surface area contributed by atoms with Crippen LogP contribution in [0, 0.1) is 12.8 Å². The van der Waals surface area contributed by atoms with Crippen molar-refractivity contribution in [1.29, 1.82) is 0 Å². The molecule has 29 heavy (non-hydrogen) atoms. The highest BCUT2D eigenvalue weighted by Crippen LogP contribution is 2.25. The summed E-state index contributed by atoms with van der Waals surface area (Å²) in [5.41, 5.74) is 3.24. The Morgan fingerprint density at radius 1 is 1.24 bits per heavy atom. The number of rotatable bonds is 9. The van der Waals surface area contributed by atoms with Gasteiger partial charge in [-0.15, -0.1) is 0 Å². The van der Waals surface area contributed by atoms with Crippen molar-refractivity contribution < 1.29 is 9.53 Å². The van der Waals surface area contributed by atoms with Crippen LogP contribution in [0.5, 0.6) is 0 Å². The Hall–Kier alpha value is -2.47. The first kappa shape index (κ1) is 21.2. The molecule has 1 aromatic carbocycles. The Balaban J connectivity index is 1.77. The first-order valence-electron chi connectivity index (χ1n) is 10.6. The lowest BCUT2D eigenvalue weighted by Gasteiger charge is -2.22. The summed E-state index contributed by atoms with van der Waals surface area (Å²) in [4.78, 5) is 22.0. The Morgan fingerprint density at radius 2 is 2.07 bits per heavy atom. The number of ether oxygens (including phenoxy) is 1. The number of methoxy groups -OCH3 is 1. The molecule has 6 heteroatoms. The Morgan fingerprint density at radius 3 is 2.83 bits per heavy atom. The lowest BCUT2D eigenvalue weighted by molar-refractivity contribution is 0.0943. The number of anilines is 1. The van der Waals surface area contributed by atoms with Crippen molar-refractivity contribution in [2.75, 3.05) is 32.1 Å². The number of carbonyl (C=O) groups excluding carboxylic acids is 1. The molecule has 0 atom stereocenters. The predicted octanol–water partition coefficient (Wildman–Crippen LogP) is 4.21. The van der Waals surface area contributed by atoms with Crippen molar-refractivity contribution in [3.63, 3.8) is 0 Å². The number of aryl methyl sites for hydroxylation is 1. The number of nitrogens with zero attached hydrogens (tertiary/aromatic N) is 2. The van der Waals surface area contributed by atoms with Gasteiger partial charge in [0, 0.05) is 38.6 Å². The predicted molar refractivity (Wildman–Crippen MR) is 116 cm³/mol. The standard InChI is InChI=1S/C23H32N4O2/c1-17-8-6-11-19(14-17)21-20(16-26-23(27-21)24-12-7-13-29-2)22(28)25-15-18-9-4-3-5-10-18/h6,8,11,14,16,18H,3-5,7,9-10,12-13,15H2,1-2H3,(H,25,28)(H,24,26,27). The van der Waals surface area contributed by atoms with E-state index in [1.165, 1.54) is 32.1 Å². The third kappa shape index (κ3) is 6.26. The van der Waals surface area contributed by atoms with Crippen molar-refractivity contribution in [3.8, 4) is 11.3 Å². The van der Waals surface area contributed by atoms with Gasteiger partial charge in [0.2, 0.25) is 5.95 Å². The minimum atomic E-state index is -0.0991. The summed E-state index contributed by atoms with van der Waals surface area (Å²) in [6, 6.07) is 8.07. The molecule has 2 N–H and O–H groups in total. The molecule has 2 aromatic rings. The summed E-state index contributed by atoms with van der Waals surface area (Å²) in [5.74, 6) is 1.01. The highest BCUT2D eigenvalue weighted by Gasteiger charge is 2.19. The average Bonchev–Trinajstić information content (AvgIpc) is 2.76. The highest BCUT2D eigenvalue weighted by atomic mass is 16.5. The fourth-order valence-corrected chi connectivity index (χ4v) is 3.79. The van der Waals surface area contributed by atoms with Gasteiger partial charge in [-0.25, -0.2) is 9.97 Å². The van der Waals surface area contributed by atoms with Crippen LogP contribution < -0.4 is 10.6 Å². The number of amides is 1. The molecule has 1 fully saturated rings. The fraction of sp³-hybridized carbons (Fsp3) is 0.522. The lowest BCUT2D eigenvalue weighted by Crippen LogP contribution is -2.31. The summed E-state index contributed by atoms with van der Waals surface area (Å²) in [5, 5.41) is 6.34. The summed E-state index contributed by atoms with van der Waals surface area (Å²) in [6.45, 7) is 4.16. The van der Waals surface area contributed by atoms with Crippen molar-refractivity contribution in [2.45, 2.75) is 45.4 Å². The van der Waals surface area contributed by atoms with Gasteiger partial charge in [0.1, 0.15) is 0 Å². The van der Waals surface area contributed by atoms with E-state index in [1.807, 2.05) is 25.1 Å². The minimum absolute atomic E-state index is 0.0991. The molecule has 0 unspecified atom stereocenters. The van der Waals surface area contributed by atoms with Crippen molar-refractivity contribution >= 4 is 11.9 Å². The van der Waals surface area contributed by atoms with Gasteiger partial charge in [0.25, 0.3) is 5.91 Å². The van der Waals surface area contributed by atoms with Gasteiger partial charge in [-0.05, 0) is 38.2 Å². The molecule has 1 aliphatic carbocycles. The Bertz CT molecular complexity index is 803. The Kier molecular flexibility index (Phi) is 7.99. The number of aromatic nitrogens is 2. The van der Waals surface area contributed by atoms with Crippen LogP contribution in [-0.4, -0.2) is 42.7 Å². The van der Waals surface area contributed by atoms with Crippen LogP contribution in [0.25, 0.3) is 11.3 Å². The number of nitrogens with one attached hydrogen (secondary N) is 2. The number of benzene rings is 1. The molecule has 1 amide bonds. The van der Waals surface area contributed by atoms with Crippen LogP contribution in [0.3, 0.4) is 0 Å². The maximum Gasteiger partial charge on any atom is 0.255 e. The van der Waals surface area contributed by atoms with Crippen LogP contribution >= 0.6 is 0 Å². The smallest absolute Gasteiger partial charge is 0.255 e. The topological polar surface area (TPSA) is 76.1 Å².